The van der Waals surface area contributed by atoms with Crippen LogP contribution in [0.4, 0.5) is 22.0 Å². The quantitative estimate of drug-likeness (QED) is 0.414. The molecule has 3 aliphatic rings. The number of hydrogen-bond donors (Lipinski definition) is 0. The molecule has 4 rings (SSSR count). The van der Waals surface area contributed by atoms with Gasteiger partial charge in [0, 0.05) is 23.0 Å². The minimum atomic E-state index is -4.64. The van der Waals surface area contributed by atoms with E-state index >= 15 is 0 Å². The van der Waals surface area contributed by atoms with Gasteiger partial charge in [-0.25, -0.2) is 8.78 Å². The Labute approximate surface area is 172 Å². The number of ether oxygens (including phenoxy) is 1. The van der Waals surface area contributed by atoms with E-state index in [2.05, 4.69) is 6.92 Å². The Morgan fingerprint density at radius 3 is 2.30 bits per heavy atom. The van der Waals surface area contributed by atoms with E-state index in [0.717, 1.165) is 37.8 Å². The van der Waals surface area contributed by atoms with Crippen LogP contribution in [-0.2, 0) is 14.9 Å². The molecule has 1 aromatic carbocycles. The highest BCUT2D eigenvalue weighted by molar-refractivity contribution is 5.73. The topological polar surface area (TPSA) is 26.3 Å². The lowest BCUT2D eigenvalue weighted by atomic mass is 9.83. The molecule has 3 atom stereocenters. The van der Waals surface area contributed by atoms with Crippen molar-refractivity contribution in [2.75, 3.05) is 0 Å². The smallest absolute Gasteiger partial charge is 0.409 e. The maximum atomic E-state index is 14.4. The van der Waals surface area contributed by atoms with Gasteiger partial charge in [-0.05, 0) is 74.6 Å². The first kappa shape index (κ1) is 21.3. The van der Waals surface area contributed by atoms with Crippen LogP contribution in [0.2, 0.25) is 0 Å². The minimum absolute atomic E-state index is 0.0133. The summed E-state index contributed by atoms with van der Waals surface area (Å²) in [5.41, 5.74) is -0.700. The van der Waals surface area contributed by atoms with Gasteiger partial charge < -0.3 is 4.74 Å². The van der Waals surface area contributed by atoms with Crippen molar-refractivity contribution in [2.24, 2.45) is 17.8 Å². The summed E-state index contributed by atoms with van der Waals surface area (Å²) in [6.45, 7) is 2.18. The number of fused-ring (bicyclic) bond motifs is 1. The Kier molecular flexibility index (Phi) is 5.43. The van der Waals surface area contributed by atoms with E-state index < -0.39 is 28.8 Å². The van der Waals surface area contributed by atoms with Crippen molar-refractivity contribution in [2.45, 2.75) is 69.6 Å². The summed E-state index contributed by atoms with van der Waals surface area (Å²) < 4.78 is 71.5. The summed E-state index contributed by atoms with van der Waals surface area (Å²) >= 11 is 0. The number of rotatable bonds is 4. The maximum Gasteiger partial charge on any atom is 0.409 e. The molecule has 0 aliphatic heterocycles. The molecule has 164 valence electrons. The van der Waals surface area contributed by atoms with Crippen LogP contribution in [0.25, 0.3) is 6.08 Å². The van der Waals surface area contributed by atoms with E-state index in [9.17, 15) is 26.7 Å². The summed E-state index contributed by atoms with van der Waals surface area (Å²) in [5.74, 6) is -1.61. The van der Waals surface area contributed by atoms with Crippen LogP contribution < -0.4 is 0 Å². The molecular weight excluding hydrogens is 403 g/mol. The predicted octanol–water partition coefficient (Wildman–Crippen LogP) is 6.33. The van der Waals surface area contributed by atoms with Crippen molar-refractivity contribution >= 4 is 12.0 Å². The molecular formula is C23H25F5O2. The molecule has 0 heterocycles. The summed E-state index contributed by atoms with van der Waals surface area (Å²) in [6.07, 6.45) is 1.01. The SMILES string of the molecule is CC1CCC(C(=O)OC2CCC3(c4cc(F)c(/C=C/C(F)(F)F)c(F)c4)CC23)CC1. The van der Waals surface area contributed by atoms with Crippen molar-refractivity contribution in [3.63, 3.8) is 0 Å². The van der Waals surface area contributed by atoms with Crippen molar-refractivity contribution < 1.29 is 31.5 Å². The number of halogens is 5. The summed E-state index contributed by atoms with van der Waals surface area (Å²) in [5, 5.41) is 0. The van der Waals surface area contributed by atoms with E-state index in [1.807, 2.05) is 0 Å². The molecule has 3 aliphatic carbocycles. The van der Waals surface area contributed by atoms with Gasteiger partial charge in [-0.2, -0.15) is 13.2 Å². The first-order chi connectivity index (χ1) is 14.1. The molecule has 0 amide bonds. The number of allylic oxidation sites excluding steroid dienone is 1. The fourth-order valence-electron chi connectivity index (χ4n) is 5.28. The average molecular weight is 428 g/mol. The molecule has 30 heavy (non-hydrogen) atoms. The molecule has 0 spiro atoms. The predicted molar refractivity (Wildman–Crippen MR) is 101 cm³/mol. The van der Waals surface area contributed by atoms with E-state index in [0.29, 0.717) is 36.8 Å². The zero-order valence-electron chi connectivity index (χ0n) is 16.8. The van der Waals surface area contributed by atoms with Crippen LogP contribution >= 0.6 is 0 Å². The number of carbonyl (C=O) groups is 1. The van der Waals surface area contributed by atoms with Crippen molar-refractivity contribution in [3.05, 3.63) is 41.0 Å². The first-order valence-corrected chi connectivity index (χ1v) is 10.5. The van der Waals surface area contributed by atoms with E-state index in [1.165, 1.54) is 0 Å². The average Bonchev–Trinajstić information content (AvgIpc) is 3.30. The lowest BCUT2D eigenvalue weighted by Gasteiger charge is -2.26. The third kappa shape index (κ3) is 4.12. The van der Waals surface area contributed by atoms with Crippen molar-refractivity contribution in [3.8, 4) is 0 Å². The van der Waals surface area contributed by atoms with Gasteiger partial charge in [-0.3, -0.25) is 4.79 Å². The van der Waals surface area contributed by atoms with Crippen LogP contribution in [0.1, 0.15) is 63.0 Å². The van der Waals surface area contributed by atoms with Crippen LogP contribution in [0.3, 0.4) is 0 Å². The van der Waals surface area contributed by atoms with Crippen molar-refractivity contribution in [1.82, 2.24) is 0 Å². The largest absolute Gasteiger partial charge is 0.462 e. The molecule has 2 nitrogen and oxygen atoms in total. The lowest BCUT2D eigenvalue weighted by Crippen LogP contribution is -2.27. The van der Waals surface area contributed by atoms with E-state index in [-0.39, 0.29) is 30.0 Å². The third-order valence-corrected chi connectivity index (χ3v) is 7.17. The molecule has 3 saturated carbocycles. The molecule has 3 unspecified atom stereocenters. The number of hydrogen-bond acceptors (Lipinski definition) is 2. The summed E-state index contributed by atoms with van der Waals surface area (Å²) in [6, 6.07) is 2.26. The Morgan fingerprint density at radius 1 is 1.10 bits per heavy atom. The fraction of sp³-hybridized carbons (Fsp3) is 0.609. The molecule has 1 aromatic rings. The lowest BCUT2D eigenvalue weighted by molar-refractivity contribution is -0.156. The summed E-state index contributed by atoms with van der Waals surface area (Å²) in [4.78, 5) is 12.5. The number of alkyl halides is 3. The van der Waals surface area contributed by atoms with Gasteiger partial charge in [0.2, 0.25) is 0 Å². The molecule has 0 radical (unpaired) electrons. The number of benzene rings is 1. The maximum absolute atomic E-state index is 14.4. The van der Waals surface area contributed by atoms with Crippen LogP contribution in [0.5, 0.6) is 0 Å². The Bertz CT molecular complexity index is 831. The van der Waals surface area contributed by atoms with Gasteiger partial charge in [0.1, 0.15) is 17.7 Å². The molecule has 0 aromatic heterocycles. The highest BCUT2D eigenvalue weighted by atomic mass is 19.4. The number of carbonyl (C=O) groups excluding carboxylic acids is 1. The fourth-order valence-corrected chi connectivity index (χ4v) is 5.28. The second kappa shape index (κ2) is 7.65. The normalized spacial score (nSPS) is 33.5. The third-order valence-electron chi connectivity index (χ3n) is 7.17. The minimum Gasteiger partial charge on any atom is -0.462 e. The number of esters is 1. The molecule has 7 heteroatoms. The second-order valence-electron chi connectivity index (χ2n) is 9.17. The van der Waals surface area contributed by atoms with Gasteiger partial charge in [0.25, 0.3) is 0 Å². The van der Waals surface area contributed by atoms with Crippen LogP contribution in [0, 0.1) is 29.4 Å². The first-order valence-electron chi connectivity index (χ1n) is 10.5. The van der Waals surface area contributed by atoms with Gasteiger partial charge in [-0.1, -0.05) is 6.92 Å². The standard InChI is InChI=1S/C23H25F5O2/c1-13-2-4-14(5-3-13)21(29)30-20-7-8-22(12-17(20)22)15-10-18(24)16(19(25)11-15)6-9-23(26,27)28/h6,9-11,13-14,17,20H,2-5,7-8,12H2,1H3/b9-6+. The van der Waals surface area contributed by atoms with Crippen LogP contribution in [0.15, 0.2) is 18.2 Å². The zero-order valence-corrected chi connectivity index (χ0v) is 16.8. The highest BCUT2D eigenvalue weighted by Gasteiger charge is 2.64. The Hall–Kier alpha value is -1.92. The van der Waals surface area contributed by atoms with Gasteiger partial charge in [0.05, 0.1) is 5.92 Å². The molecule has 3 fully saturated rings. The van der Waals surface area contributed by atoms with Gasteiger partial charge >= 0.3 is 12.1 Å². The molecule has 0 bridgehead atoms. The highest BCUT2D eigenvalue weighted by Crippen LogP contribution is 2.65. The second-order valence-corrected chi connectivity index (χ2v) is 9.17. The van der Waals surface area contributed by atoms with Gasteiger partial charge in [0.15, 0.2) is 0 Å². The van der Waals surface area contributed by atoms with E-state index in [1.54, 1.807) is 0 Å². The molecule has 0 saturated heterocycles. The van der Waals surface area contributed by atoms with E-state index in [4.69, 9.17) is 4.74 Å². The van der Waals surface area contributed by atoms with Crippen LogP contribution in [-0.4, -0.2) is 18.2 Å². The molecule has 0 N–H and O–H groups in total. The van der Waals surface area contributed by atoms with Crippen molar-refractivity contribution in [1.29, 1.82) is 0 Å². The van der Waals surface area contributed by atoms with Gasteiger partial charge in [-0.15, -0.1) is 0 Å². The zero-order chi connectivity index (χ0) is 21.7. The monoisotopic (exact) mass is 428 g/mol. The Morgan fingerprint density at radius 2 is 1.73 bits per heavy atom. The summed E-state index contributed by atoms with van der Waals surface area (Å²) in [7, 11) is 0. The Balaban J connectivity index is 1.44.